The third-order valence-electron chi connectivity index (χ3n) is 4.90. The van der Waals surface area contributed by atoms with Gasteiger partial charge in [-0.2, -0.15) is 9.39 Å². The Morgan fingerprint density at radius 1 is 1.15 bits per heavy atom. The first-order valence-electron chi connectivity index (χ1n) is 9.77. The molecule has 2 aliphatic heterocycles. The summed E-state index contributed by atoms with van der Waals surface area (Å²) in [4.78, 5) is 17.5. The Bertz CT molecular complexity index is 1330. The summed E-state index contributed by atoms with van der Waals surface area (Å²) in [6.45, 7) is 1.93. The van der Waals surface area contributed by atoms with E-state index in [1.807, 2.05) is 37.3 Å². The molecule has 9 nitrogen and oxygen atoms in total. The Morgan fingerprint density at radius 2 is 1.88 bits per heavy atom. The van der Waals surface area contributed by atoms with Gasteiger partial charge < -0.3 is 9.47 Å². The Kier molecular flexibility index (Phi) is 6.09. The molecule has 1 atom stereocenters. The second kappa shape index (κ2) is 8.83. The average Bonchev–Trinajstić information content (AvgIpc) is 3.22. The van der Waals surface area contributed by atoms with Gasteiger partial charge in [0.2, 0.25) is 20.2 Å². The number of carbonyl (C=O) groups is 1. The molecule has 1 unspecified atom stereocenters. The maximum atomic E-state index is 12.5. The number of carbonyl (C=O) groups excluding carboxylic acids is 1. The molecule has 0 aliphatic carbocycles. The van der Waals surface area contributed by atoms with E-state index in [4.69, 9.17) is 14.9 Å². The number of hydrogen-bond donors (Lipinski definition) is 1. The fraction of sp³-hybridized carbons (Fsp3) is 0.182. The summed E-state index contributed by atoms with van der Waals surface area (Å²) in [6, 6.07) is 14.8. The Labute approximate surface area is 195 Å². The number of benzene rings is 2. The monoisotopic (exact) mass is 484 g/mol. The van der Waals surface area contributed by atoms with Crippen LogP contribution in [0, 0.1) is 5.41 Å². The third-order valence-corrected chi connectivity index (χ3v) is 6.65. The van der Waals surface area contributed by atoms with Crippen molar-refractivity contribution in [3.8, 4) is 11.5 Å². The minimum absolute atomic E-state index is 0.0406. The lowest BCUT2D eigenvalue weighted by Gasteiger charge is -2.24. The quantitative estimate of drug-likeness (QED) is 0.509. The molecule has 33 heavy (non-hydrogen) atoms. The van der Waals surface area contributed by atoms with Crippen LogP contribution in [0.15, 0.2) is 63.5 Å². The van der Waals surface area contributed by atoms with Crippen LogP contribution in [0.5, 0.6) is 11.5 Å². The molecule has 2 heterocycles. The van der Waals surface area contributed by atoms with Gasteiger partial charge in [-0.3, -0.25) is 10.2 Å². The van der Waals surface area contributed by atoms with Crippen LogP contribution in [0.1, 0.15) is 24.2 Å². The smallest absolute Gasteiger partial charge is 0.283 e. The molecule has 0 saturated carbocycles. The van der Waals surface area contributed by atoms with Crippen molar-refractivity contribution in [3.05, 3.63) is 65.2 Å². The Hall–Kier alpha value is -3.44. The summed E-state index contributed by atoms with van der Waals surface area (Å²) in [7, 11) is -2.21. The normalized spacial score (nSPS) is 18.0. The zero-order valence-corrected chi connectivity index (χ0v) is 19.6. The van der Waals surface area contributed by atoms with Gasteiger partial charge in [0.15, 0.2) is 11.5 Å². The number of amidine groups is 3. The summed E-state index contributed by atoms with van der Waals surface area (Å²) in [6.07, 6.45) is 2.23. The molecule has 4 rings (SSSR count). The van der Waals surface area contributed by atoms with Crippen LogP contribution in [-0.4, -0.2) is 48.8 Å². The summed E-state index contributed by atoms with van der Waals surface area (Å²) in [5, 5.41) is 8.15. The SMILES string of the molecule is COc1cc(/C=C2/C(=N)N3C(=NC2=O)SN=C3S(C)(=O)=O)ccc1OC(C)c1ccccc1. The molecular formula is C22H20N4O5S2. The Balaban J connectivity index is 1.63. The van der Waals surface area contributed by atoms with Crippen LogP contribution < -0.4 is 9.47 Å². The number of aliphatic imine (C=N–C) groups is 1. The van der Waals surface area contributed by atoms with Crippen molar-refractivity contribution in [3.63, 3.8) is 0 Å². The number of rotatable bonds is 5. The van der Waals surface area contributed by atoms with Gasteiger partial charge in [0.25, 0.3) is 5.91 Å². The Morgan fingerprint density at radius 3 is 2.55 bits per heavy atom. The zero-order chi connectivity index (χ0) is 23.8. The predicted octanol–water partition coefficient (Wildman–Crippen LogP) is 3.46. The van der Waals surface area contributed by atoms with Crippen molar-refractivity contribution >= 4 is 49.9 Å². The van der Waals surface area contributed by atoms with E-state index in [1.54, 1.807) is 18.2 Å². The minimum Gasteiger partial charge on any atom is -0.493 e. The number of methoxy groups -OCH3 is 1. The highest BCUT2D eigenvalue weighted by Gasteiger charge is 2.41. The van der Waals surface area contributed by atoms with Gasteiger partial charge >= 0.3 is 0 Å². The van der Waals surface area contributed by atoms with Crippen molar-refractivity contribution in [1.29, 1.82) is 5.41 Å². The van der Waals surface area contributed by atoms with Crippen molar-refractivity contribution in [2.45, 2.75) is 13.0 Å². The van der Waals surface area contributed by atoms with E-state index in [1.165, 1.54) is 13.2 Å². The number of nitrogens with zero attached hydrogens (tertiary/aromatic N) is 3. The van der Waals surface area contributed by atoms with E-state index >= 15 is 0 Å². The first kappa shape index (κ1) is 22.7. The molecule has 2 aromatic rings. The van der Waals surface area contributed by atoms with Gasteiger partial charge in [0.1, 0.15) is 11.9 Å². The molecule has 170 valence electrons. The highest BCUT2D eigenvalue weighted by molar-refractivity contribution is 8.16. The van der Waals surface area contributed by atoms with Crippen molar-refractivity contribution in [2.24, 2.45) is 9.39 Å². The van der Waals surface area contributed by atoms with Gasteiger partial charge in [-0.15, -0.1) is 0 Å². The summed E-state index contributed by atoms with van der Waals surface area (Å²) >= 11 is 0.748. The lowest BCUT2D eigenvalue weighted by Crippen LogP contribution is -2.45. The van der Waals surface area contributed by atoms with Gasteiger partial charge in [-0.05, 0) is 36.3 Å². The second-order valence-electron chi connectivity index (χ2n) is 7.26. The van der Waals surface area contributed by atoms with Crippen molar-refractivity contribution in [1.82, 2.24) is 4.90 Å². The largest absolute Gasteiger partial charge is 0.493 e. The van der Waals surface area contributed by atoms with E-state index in [2.05, 4.69) is 9.39 Å². The fourth-order valence-corrected chi connectivity index (χ4v) is 5.10. The molecule has 0 fully saturated rings. The summed E-state index contributed by atoms with van der Waals surface area (Å²) in [5.41, 5.74) is 1.50. The second-order valence-corrected chi connectivity index (χ2v) is 9.90. The lowest BCUT2D eigenvalue weighted by atomic mass is 10.1. The van der Waals surface area contributed by atoms with Gasteiger partial charge in [-0.1, -0.05) is 36.4 Å². The molecule has 11 heteroatoms. The molecule has 1 N–H and O–H groups in total. The van der Waals surface area contributed by atoms with Crippen LogP contribution >= 0.6 is 11.9 Å². The van der Waals surface area contributed by atoms with E-state index in [-0.39, 0.29) is 27.8 Å². The molecule has 0 spiro atoms. The fourth-order valence-electron chi connectivity index (χ4n) is 3.26. The van der Waals surface area contributed by atoms with Crippen molar-refractivity contribution in [2.75, 3.05) is 13.4 Å². The van der Waals surface area contributed by atoms with Gasteiger partial charge in [0, 0.05) is 6.26 Å². The molecule has 2 aliphatic rings. The molecule has 0 radical (unpaired) electrons. The standard InChI is InChI=1S/C22H20N4O5S2/c1-13(15-7-5-4-6-8-15)31-17-10-9-14(12-18(17)30-2)11-16-19(23)26-21(24-20(16)27)32-25-22(26)33(3,28)29/h4-13,23H,1-3H3/b16-11-,23-19?. The van der Waals surface area contributed by atoms with Gasteiger partial charge in [-0.25, -0.2) is 13.3 Å². The van der Waals surface area contributed by atoms with Crippen LogP contribution in [-0.2, 0) is 14.6 Å². The maximum Gasteiger partial charge on any atom is 0.283 e. The summed E-state index contributed by atoms with van der Waals surface area (Å²) in [5.74, 6) is 0.00175. The topological polar surface area (TPSA) is 121 Å². The first-order valence-corrected chi connectivity index (χ1v) is 12.4. The van der Waals surface area contributed by atoms with E-state index in [9.17, 15) is 13.2 Å². The van der Waals surface area contributed by atoms with E-state index in [0.29, 0.717) is 17.1 Å². The third kappa shape index (κ3) is 4.55. The number of fused-ring (bicyclic) bond motifs is 1. The summed E-state index contributed by atoms with van der Waals surface area (Å²) < 4.78 is 39.4. The number of hydrogen-bond acceptors (Lipinski definition) is 8. The molecule has 1 amide bonds. The molecule has 0 aromatic heterocycles. The molecular weight excluding hydrogens is 464 g/mol. The number of amides is 1. The number of nitrogens with one attached hydrogen (secondary N) is 1. The minimum atomic E-state index is -3.71. The number of sulfone groups is 1. The molecule has 2 aromatic carbocycles. The lowest BCUT2D eigenvalue weighted by molar-refractivity contribution is -0.114. The van der Waals surface area contributed by atoms with E-state index < -0.39 is 15.7 Å². The van der Waals surface area contributed by atoms with Crippen LogP contribution in [0.4, 0.5) is 0 Å². The van der Waals surface area contributed by atoms with Crippen LogP contribution in [0.3, 0.4) is 0 Å². The predicted molar refractivity (Wildman–Crippen MR) is 128 cm³/mol. The maximum absolute atomic E-state index is 12.5. The first-order chi connectivity index (χ1) is 15.7. The highest BCUT2D eigenvalue weighted by Crippen LogP contribution is 2.34. The van der Waals surface area contributed by atoms with Crippen molar-refractivity contribution < 1.29 is 22.7 Å². The van der Waals surface area contributed by atoms with E-state index in [0.717, 1.165) is 28.7 Å². The van der Waals surface area contributed by atoms with Gasteiger partial charge in [0.05, 0.1) is 24.6 Å². The molecule has 0 bridgehead atoms. The van der Waals surface area contributed by atoms with Crippen LogP contribution in [0.25, 0.3) is 6.08 Å². The molecule has 0 saturated heterocycles. The number of ether oxygens (including phenoxy) is 2. The zero-order valence-electron chi connectivity index (χ0n) is 18.0. The highest BCUT2D eigenvalue weighted by atomic mass is 32.2. The van der Waals surface area contributed by atoms with Crippen LogP contribution in [0.2, 0.25) is 0 Å². The average molecular weight is 485 g/mol.